The van der Waals surface area contributed by atoms with Gasteiger partial charge in [-0.05, 0) is 18.8 Å². The number of nitrogens with zero attached hydrogens (tertiary/aromatic N) is 1. The summed E-state index contributed by atoms with van der Waals surface area (Å²) in [5.41, 5.74) is 0. The quantitative estimate of drug-likeness (QED) is 0.0229. The zero-order valence-corrected chi connectivity index (χ0v) is 32.3. The van der Waals surface area contributed by atoms with Crippen molar-refractivity contribution in [3.8, 4) is 12.3 Å². The zero-order valence-electron chi connectivity index (χ0n) is 31.4. The van der Waals surface area contributed by atoms with Gasteiger partial charge in [-0.25, -0.2) is 4.57 Å². The molecule has 0 amide bonds. The predicted molar refractivity (Wildman–Crippen MR) is 195 cm³/mol. The number of ether oxygens (including phenoxy) is 2. The van der Waals surface area contributed by atoms with E-state index in [2.05, 4.69) is 19.8 Å². The number of unbranched alkanes of at least 4 members (excludes halogenated alkanes) is 20. The van der Waals surface area contributed by atoms with Gasteiger partial charge in [-0.1, -0.05) is 142 Å². The van der Waals surface area contributed by atoms with Gasteiger partial charge >= 0.3 is 19.8 Å². The van der Waals surface area contributed by atoms with E-state index in [0.29, 0.717) is 24.0 Å². The summed E-state index contributed by atoms with van der Waals surface area (Å²) in [7, 11) is -0.643. The number of terminal acetylenes is 1. The normalized spacial score (nSPS) is 13.5. The van der Waals surface area contributed by atoms with Gasteiger partial charge in [0.05, 0.1) is 20.7 Å². The topological polar surface area (TPSA) is 108 Å². The van der Waals surface area contributed by atoms with Crippen LogP contribution in [-0.2, 0) is 32.7 Å². The Kier molecular flexibility index (Phi) is 30.6. The Bertz CT molecular complexity index is 875. The minimum absolute atomic E-state index is 0.0420. The van der Waals surface area contributed by atoms with E-state index in [0.717, 1.165) is 32.1 Å². The number of hydrogen-bond acceptors (Lipinski definition) is 7. The van der Waals surface area contributed by atoms with Crippen molar-refractivity contribution >= 4 is 19.8 Å². The second kappa shape index (κ2) is 31.5. The first-order valence-electron chi connectivity index (χ1n) is 19.3. The van der Waals surface area contributed by atoms with E-state index in [1.807, 2.05) is 14.1 Å². The van der Waals surface area contributed by atoms with E-state index >= 15 is 0 Å². The Labute approximate surface area is 294 Å². The molecule has 9 nitrogen and oxygen atoms in total. The number of likely N-dealkylation sites (N-methyl/N-ethyl adjacent to an activating group) is 1. The molecule has 282 valence electrons. The van der Waals surface area contributed by atoms with Gasteiger partial charge in [0, 0.05) is 12.8 Å². The fourth-order valence-electron chi connectivity index (χ4n) is 5.43. The second-order valence-corrected chi connectivity index (χ2v) is 15.4. The summed E-state index contributed by atoms with van der Waals surface area (Å²) in [6, 6.07) is 0. The van der Waals surface area contributed by atoms with Crippen LogP contribution < -0.4 is 0 Å². The highest BCUT2D eigenvalue weighted by atomic mass is 31.2. The SMILES string of the molecule is C#CC[N+](C)(C)CCOP(=O)(O)OC[C@@H](COC(=O)CCCCCCCCCCCCC)OC(=O)CCCCCCCCCCCCC. The number of phosphoric ester groups is 1. The Morgan fingerprint density at radius 3 is 1.52 bits per heavy atom. The summed E-state index contributed by atoms with van der Waals surface area (Å²) in [6.45, 7) is 4.61. The number of esters is 2. The fraction of sp³-hybridized carbons (Fsp3) is 0.895. The molecule has 0 fully saturated rings. The zero-order chi connectivity index (χ0) is 35.8. The van der Waals surface area contributed by atoms with Crippen molar-refractivity contribution in [3.63, 3.8) is 0 Å². The molecule has 10 heteroatoms. The molecule has 0 aromatic carbocycles. The number of carbonyl (C=O) groups excluding carboxylic acids is 2. The summed E-state index contributed by atoms with van der Waals surface area (Å²) in [6.07, 6.45) is 30.9. The number of rotatable bonds is 35. The molecule has 0 aromatic rings. The third-order valence-electron chi connectivity index (χ3n) is 8.59. The van der Waals surface area contributed by atoms with E-state index < -0.39 is 26.5 Å². The van der Waals surface area contributed by atoms with Crippen LogP contribution in [0.1, 0.15) is 168 Å². The first-order chi connectivity index (χ1) is 23.0. The van der Waals surface area contributed by atoms with E-state index in [1.165, 1.54) is 103 Å². The Morgan fingerprint density at radius 1 is 0.667 bits per heavy atom. The number of hydrogen-bond donors (Lipinski definition) is 1. The Morgan fingerprint density at radius 2 is 1.08 bits per heavy atom. The van der Waals surface area contributed by atoms with Gasteiger partial charge in [0.1, 0.15) is 26.3 Å². The number of quaternary nitrogens is 1. The van der Waals surface area contributed by atoms with E-state index in [9.17, 15) is 19.0 Å². The summed E-state index contributed by atoms with van der Waals surface area (Å²) < 4.78 is 34.1. The van der Waals surface area contributed by atoms with Crippen LogP contribution in [0.25, 0.3) is 0 Å². The predicted octanol–water partition coefficient (Wildman–Crippen LogP) is 9.69. The summed E-state index contributed by atoms with van der Waals surface area (Å²) in [5, 5.41) is 0. The van der Waals surface area contributed by atoms with Crippen molar-refractivity contribution in [1.29, 1.82) is 0 Å². The highest BCUT2D eigenvalue weighted by molar-refractivity contribution is 7.47. The van der Waals surface area contributed by atoms with Gasteiger partial charge in [0.2, 0.25) is 0 Å². The first kappa shape index (κ1) is 46.6. The van der Waals surface area contributed by atoms with Gasteiger partial charge in [-0.15, -0.1) is 6.42 Å². The van der Waals surface area contributed by atoms with Crippen molar-refractivity contribution < 1.29 is 42.1 Å². The number of phosphoric acid groups is 1. The molecule has 0 aliphatic carbocycles. The van der Waals surface area contributed by atoms with Gasteiger partial charge in [0.25, 0.3) is 0 Å². The molecular weight excluding hydrogens is 629 g/mol. The van der Waals surface area contributed by atoms with Crippen molar-refractivity contribution in [2.45, 2.75) is 174 Å². The van der Waals surface area contributed by atoms with Crippen molar-refractivity contribution in [1.82, 2.24) is 0 Å². The molecule has 1 N–H and O–H groups in total. The summed E-state index contributed by atoms with van der Waals surface area (Å²) >= 11 is 0. The maximum atomic E-state index is 12.6. The minimum Gasteiger partial charge on any atom is -0.462 e. The van der Waals surface area contributed by atoms with Gasteiger partial charge in [-0.3, -0.25) is 18.6 Å². The molecule has 0 aliphatic heterocycles. The monoisotopic (exact) mass is 703 g/mol. The molecule has 48 heavy (non-hydrogen) atoms. The van der Waals surface area contributed by atoms with Crippen LogP contribution in [0.3, 0.4) is 0 Å². The largest absolute Gasteiger partial charge is 0.472 e. The van der Waals surface area contributed by atoms with Crippen LogP contribution >= 0.6 is 7.82 Å². The van der Waals surface area contributed by atoms with E-state index in [4.69, 9.17) is 24.9 Å². The third kappa shape index (κ3) is 31.8. The molecule has 0 rings (SSSR count). The molecule has 0 saturated heterocycles. The van der Waals surface area contributed by atoms with Crippen LogP contribution in [0, 0.1) is 12.3 Å². The second-order valence-electron chi connectivity index (χ2n) is 14.0. The lowest BCUT2D eigenvalue weighted by Gasteiger charge is -2.27. The van der Waals surface area contributed by atoms with Crippen LogP contribution in [-0.4, -0.2) is 74.4 Å². The average molecular weight is 703 g/mol. The van der Waals surface area contributed by atoms with Crippen LogP contribution in [0.15, 0.2) is 0 Å². The molecule has 1 unspecified atom stereocenters. The molecule has 0 bridgehead atoms. The molecule has 0 aliphatic rings. The van der Waals surface area contributed by atoms with Crippen molar-refractivity contribution in [2.24, 2.45) is 0 Å². The van der Waals surface area contributed by atoms with Crippen LogP contribution in [0.4, 0.5) is 0 Å². The maximum Gasteiger partial charge on any atom is 0.472 e. The molecule has 0 radical (unpaired) electrons. The first-order valence-corrected chi connectivity index (χ1v) is 20.8. The molecule has 0 heterocycles. The number of carbonyl (C=O) groups is 2. The van der Waals surface area contributed by atoms with E-state index in [1.54, 1.807) is 0 Å². The van der Waals surface area contributed by atoms with E-state index in [-0.39, 0.29) is 32.0 Å². The lowest BCUT2D eigenvalue weighted by molar-refractivity contribution is -0.883. The maximum absolute atomic E-state index is 12.6. The summed E-state index contributed by atoms with van der Waals surface area (Å²) in [4.78, 5) is 35.2. The minimum atomic E-state index is -4.42. The van der Waals surface area contributed by atoms with Gasteiger partial charge < -0.3 is 18.9 Å². The van der Waals surface area contributed by atoms with Crippen molar-refractivity contribution in [2.75, 3.05) is 47.0 Å². The molecular formula is C38H73NO8P+. The third-order valence-corrected chi connectivity index (χ3v) is 9.58. The standard InChI is InChI=1S/C38H72NO8P/c1-6-9-11-13-15-17-19-21-23-25-27-29-37(40)44-34-36(35-46-48(42,43)45-33-32-39(4,5)31-8-3)47-38(41)30-28-26-24-22-20-18-16-14-12-10-7-2/h3,36H,6-7,9-35H2,1-2,4-5H3/p+1/t36-/m1/s1. The summed E-state index contributed by atoms with van der Waals surface area (Å²) in [5.74, 6) is 1.75. The lowest BCUT2D eigenvalue weighted by Crippen LogP contribution is -2.42. The Balaban J connectivity index is 4.54. The van der Waals surface area contributed by atoms with Crippen LogP contribution in [0.2, 0.25) is 0 Å². The highest BCUT2D eigenvalue weighted by Crippen LogP contribution is 2.43. The molecule has 0 spiro atoms. The van der Waals surface area contributed by atoms with Gasteiger partial charge in [-0.2, -0.15) is 0 Å². The highest BCUT2D eigenvalue weighted by Gasteiger charge is 2.27. The lowest BCUT2D eigenvalue weighted by atomic mass is 10.1. The average Bonchev–Trinajstić information content (AvgIpc) is 3.03. The van der Waals surface area contributed by atoms with Crippen LogP contribution in [0.5, 0.6) is 0 Å². The van der Waals surface area contributed by atoms with Crippen molar-refractivity contribution in [3.05, 3.63) is 0 Å². The fourth-order valence-corrected chi connectivity index (χ4v) is 6.17. The van der Waals surface area contributed by atoms with Gasteiger partial charge in [0.15, 0.2) is 6.10 Å². The Hall–Kier alpha value is -1.43. The smallest absolute Gasteiger partial charge is 0.462 e. The molecule has 2 atom stereocenters. The molecule has 0 saturated carbocycles. The molecule has 0 aromatic heterocycles.